The number of aliphatic hydroxyl groups is 17. The van der Waals surface area contributed by atoms with Crippen molar-refractivity contribution in [3.05, 3.63) is 0 Å². The number of hydrogen-bond acceptors (Lipinski definition) is 29. The zero-order valence-corrected chi connectivity index (χ0v) is 38.5. The molecule has 0 aromatic heterocycles. The predicted molar refractivity (Wildman–Crippen MR) is 222 cm³/mol. The quantitative estimate of drug-likeness (QED) is 0.0427. The highest BCUT2D eigenvalue weighted by molar-refractivity contribution is 5.78. The fourth-order valence-electron chi connectivity index (χ4n) is 8.53. The fraction of sp³-hybridized carbons (Fsp3) is 0.897. The first kappa shape index (κ1) is 61.4. The fourth-order valence-corrected chi connectivity index (χ4v) is 8.53. The Labute approximate surface area is 407 Å². The number of aliphatic carboxylic acids is 1. The van der Waals surface area contributed by atoms with E-state index in [1.807, 2.05) is 0 Å². The molecule has 25 atom stereocenters. The van der Waals surface area contributed by atoms with Gasteiger partial charge in [-0.3, -0.25) is 14.4 Å². The molecule has 33 heteroatoms. The average molecular weight is 1060 g/mol. The highest BCUT2D eigenvalue weighted by atomic mass is 16.8. The first-order chi connectivity index (χ1) is 33.9. The summed E-state index contributed by atoms with van der Waals surface area (Å²) >= 11 is 0. The number of rotatable bonds is 24. The van der Waals surface area contributed by atoms with Gasteiger partial charge in [-0.05, 0) is 0 Å². The highest BCUT2D eigenvalue weighted by Gasteiger charge is 2.61. The predicted octanol–water partition coefficient (Wildman–Crippen LogP) is -13.7. The molecule has 0 aromatic carbocycles. The summed E-state index contributed by atoms with van der Waals surface area (Å²) < 4.78 is 45.3. The van der Waals surface area contributed by atoms with Crippen molar-refractivity contribution in [2.24, 2.45) is 0 Å². The van der Waals surface area contributed by atoms with Gasteiger partial charge in [-0.25, -0.2) is 4.79 Å². The summed E-state index contributed by atoms with van der Waals surface area (Å²) in [6, 6.07) is -5.22. The Bertz CT molecular complexity index is 1740. The first-order valence-corrected chi connectivity index (χ1v) is 22.3. The minimum Gasteiger partial charge on any atom is -0.477 e. The maximum absolute atomic E-state index is 13.0. The van der Waals surface area contributed by atoms with Gasteiger partial charge in [-0.1, -0.05) is 0 Å². The number of hydrogen-bond donors (Lipinski definition) is 21. The van der Waals surface area contributed by atoms with Crippen LogP contribution in [-0.4, -0.2) is 315 Å². The van der Waals surface area contributed by atoms with E-state index < -0.39 is 229 Å². The highest BCUT2D eigenvalue weighted by Crippen LogP contribution is 2.39. The molecule has 0 aliphatic carbocycles. The summed E-state index contributed by atoms with van der Waals surface area (Å²) in [5.74, 6) is -8.20. The van der Waals surface area contributed by atoms with Gasteiger partial charge in [0.2, 0.25) is 17.7 Å². The van der Waals surface area contributed by atoms with Gasteiger partial charge in [0.1, 0.15) is 116 Å². The van der Waals surface area contributed by atoms with Gasteiger partial charge < -0.3 is 146 Å². The van der Waals surface area contributed by atoms with Gasteiger partial charge in [0, 0.05) is 20.3 Å². The SMILES string of the molecule is CC(=O)N[C@H]1[C@H](O[C@H]2[C@@H](O)[C@@H](CO)O[C@@H](O[C@@H]([C@H](O)[C@H](CO)NC(C)=O)[C@H](O)CO)[C@@H]2O)O[C@H](CO)[C@@H](O[C@@H]2O[C@H](CO)[C@H](O)[C@H](O[C@]3(C(=O)O)C[C@H](O)[C@@H](NC(=O)CO)[C@H]([C@H](O)[C@H](O)CO)O3)[C@H]2O)[C@@H]1O. The molecule has 33 nitrogen and oxygen atoms in total. The molecule has 0 saturated carbocycles. The largest absolute Gasteiger partial charge is 0.477 e. The van der Waals surface area contributed by atoms with Crippen LogP contribution in [0.15, 0.2) is 0 Å². The lowest BCUT2D eigenvalue weighted by Gasteiger charge is -2.51. The molecule has 21 N–H and O–H groups in total. The molecule has 0 unspecified atom stereocenters. The molecule has 72 heavy (non-hydrogen) atoms. The zero-order valence-electron chi connectivity index (χ0n) is 38.5. The summed E-state index contributed by atoms with van der Waals surface area (Å²) in [5, 5.41) is 197. The van der Waals surface area contributed by atoms with Crippen LogP contribution in [0.4, 0.5) is 0 Å². The van der Waals surface area contributed by atoms with Crippen LogP contribution >= 0.6 is 0 Å². The van der Waals surface area contributed by atoms with Crippen LogP contribution in [0.1, 0.15) is 20.3 Å². The number of aliphatic hydroxyl groups excluding tert-OH is 17. The van der Waals surface area contributed by atoms with Gasteiger partial charge in [0.05, 0.1) is 57.8 Å². The number of carboxylic acid groups (broad SMARTS) is 1. The summed E-state index contributed by atoms with van der Waals surface area (Å²) in [7, 11) is 0. The monoisotopic (exact) mass is 1060 g/mol. The zero-order chi connectivity index (χ0) is 54.1. The summed E-state index contributed by atoms with van der Waals surface area (Å²) in [6.07, 6.45) is -45.3. The van der Waals surface area contributed by atoms with Crippen LogP contribution in [0.3, 0.4) is 0 Å². The smallest absolute Gasteiger partial charge is 0.364 e. The molecular formula is C39H67N3O30. The lowest BCUT2D eigenvalue weighted by molar-refractivity contribution is -0.388. The van der Waals surface area contributed by atoms with E-state index in [4.69, 9.17) is 37.9 Å². The number of carboxylic acids is 1. The van der Waals surface area contributed by atoms with Crippen LogP contribution in [-0.2, 0) is 57.1 Å². The molecule has 0 aromatic rings. The molecule has 4 saturated heterocycles. The minimum atomic E-state index is -3.25. The van der Waals surface area contributed by atoms with Gasteiger partial charge in [-0.15, -0.1) is 0 Å². The summed E-state index contributed by atoms with van der Waals surface area (Å²) in [6.45, 7) is -5.73. The molecule has 3 amide bonds. The molecule has 4 rings (SSSR count). The molecule has 4 aliphatic rings. The van der Waals surface area contributed by atoms with E-state index >= 15 is 0 Å². The van der Waals surface area contributed by atoms with Crippen molar-refractivity contribution < 1.29 is 149 Å². The number of amides is 3. The van der Waals surface area contributed by atoms with Crippen molar-refractivity contribution in [3.63, 3.8) is 0 Å². The third-order valence-corrected chi connectivity index (χ3v) is 12.3. The Kier molecular flexibility index (Phi) is 23.1. The van der Waals surface area contributed by atoms with Crippen LogP contribution in [0.25, 0.3) is 0 Å². The van der Waals surface area contributed by atoms with Crippen LogP contribution in [0.5, 0.6) is 0 Å². The molecule has 4 fully saturated rings. The number of carbonyl (C=O) groups excluding carboxylic acids is 3. The normalized spacial score (nSPS) is 39.9. The molecular weight excluding hydrogens is 990 g/mol. The molecule has 0 bridgehead atoms. The number of carbonyl (C=O) groups is 4. The van der Waals surface area contributed by atoms with Crippen molar-refractivity contribution in [2.45, 2.75) is 173 Å². The Morgan fingerprint density at radius 1 is 0.625 bits per heavy atom. The Morgan fingerprint density at radius 3 is 1.68 bits per heavy atom. The second-order valence-corrected chi connectivity index (χ2v) is 17.4. The lowest BCUT2D eigenvalue weighted by atomic mass is 9.88. The van der Waals surface area contributed by atoms with E-state index in [0.29, 0.717) is 0 Å². The molecule has 0 spiro atoms. The van der Waals surface area contributed by atoms with Gasteiger partial charge in [0.15, 0.2) is 18.9 Å². The number of ether oxygens (including phenoxy) is 8. The summed E-state index contributed by atoms with van der Waals surface area (Å²) in [4.78, 5) is 49.3. The van der Waals surface area contributed by atoms with Gasteiger partial charge in [0.25, 0.3) is 5.79 Å². The maximum Gasteiger partial charge on any atom is 0.364 e. The topological polar surface area (TPSA) is 542 Å². The minimum absolute atomic E-state index is 0.749. The van der Waals surface area contributed by atoms with E-state index in [-0.39, 0.29) is 0 Å². The standard InChI is InChI=1S/C39H67N3O30/c1-11(50)40-13(4-43)23(56)30(16(54)6-45)68-36-28(61)33(25(58)17(7-46)65-36)70-35-22(41-12(2)51)27(60)31(19(9-48)67-35)69-37-29(62)34(26(59)18(8-47)66-37)72-39(38(63)64)3-14(52)21(42-20(55)10-49)32(71-39)24(57)15(53)5-44/h13-19,21-37,43-49,52-54,56-62H,3-10H2,1-2H3,(H,40,50)(H,41,51)(H,42,55)(H,63,64)/t13-,14-,15+,16+,17+,18+,19+,21+,22+,23+,24+,25-,26-,27+,28+,29+,30+,31+,32+,33-,34-,35-,36-,37-,39-/m0/s1. The average Bonchev–Trinajstić information content (AvgIpc) is 3.34. The van der Waals surface area contributed by atoms with Crippen molar-refractivity contribution in [1.29, 1.82) is 0 Å². The first-order valence-electron chi connectivity index (χ1n) is 22.3. The van der Waals surface area contributed by atoms with E-state index in [1.165, 1.54) is 0 Å². The molecule has 4 heterocycles. The Balaban J connectivity index is 1.65. The Hall–Kier alpha value is -3.12. The second-order valence-electron chi connectivity index (χ2n) is 17.4. The van der Waals surface area contributed by atoms with Crippen molar-refractivity contribution >= 4 is 23.7 Å². The van der Waals surface area contributed by atoms with Crippen molar-refractivity contribution in [1.82, 2.24) is 16.0 Å². The third kappa shape index (κ3) is 14.0. The van der Waals surface area contributed by atoms with E-state index in [1.54, 1.807) is 0 Å². The van der Waals surface area contributed by atoms with Gasteiger partial charge in [-0.2, -0.15) is 0 Å². The van der Waals surface area contributed by atoms with Crippen LogP contribution in [0, 0.1) is 0 Å². The number of nitrogens with one attached hydrogen (secondary N) is 3. The third-order valence-electron chi connectivity index (χ3n) is 12.3. The Morgan fingerprint density at radius 2 is 1.17 bits per heavy atom. The van der Waals surface area contributed by atoms with E-state index in [9.17, 15) is 111 Å². The second kappa shape index (κ2) is 27.1. The van der Waals surface area contributed by atoms with Gasteiger partial charge >= 0.3 is 5.97 Å². The molecule has 4 aliphatic heterocycles. The summed E-state index contributed by atoms with van der Waals surface area (Å²) in [5.41, 5.74) is 0. The van der Waals surface area contributed by atoms with Crippen molar-refractivity contribution in [3.8, 4) is 0 Å². The maximum atomic E-state index is 13.0. The van der Waals surface area contributed by atoms with Crippen molar-refractivity contribution in [2.75, 3.05) is 46.2 Å². The van der Waals surface area contributed by atoms with Crippen LogP contribution in [0.2, 0.25) is 0 Å². The molecule has 418 valence electrons. The molecule has 0 radical (unpaired) electrons. The van der Waals surface area contributed by atoms with Crippen LogP contribution < -0.4 is 16.0 Å². The van der Waals surface area contributed by atoms with E-state index in [2.05, 4.69) is 16.0 Å². The lowest BCUT2D eigenvalue weighted by Crippen LogP contribution is -2.71. The van der Waals surface area contributed by atoms with E-state index in [0.717, 1.165) is 13.8 Å².